The first-order chi connectivity index (χ1) is 11.1. The second kappa shape index (κ2) is 7.98. The number of carbonyl (C=O) groups excluding carboxylic acids is 2. The largest absolute Gasteiger partial charge is 0.494 e. The highest BCUT2D eigenvalue weighted by molar-refractivity contribution is 6.04. The standard InChI is InChI=1S/C18H20N2O3/c1-3-11-23-17-9-7-14(8-10-17)18(22)20-16-6-4-5-15(12-16)19-13(2)21/h4-10,12H,3,11H2,1-2H3,(H,19,21)(H,20,22). The maximum Gasteiger partial charge on any atom is 0.255 e. The second-order valence-corrected chi connectivity index (χ2v) is 5.09. The molecule has 0 fully saturated rings. The summed E-state index contributed by atoms with van der Waals surface area (Å²) in [6.45, 7) is 4.13. The number of ether oxygens (including phenoxy) is 1. The molecule has 0 radical (unpaired) electrons. The maximum absolute atomic E-state index is 12.2. The fourth-order valence-corrected chi connectivity index (χ4v) is 2.00. The summed E-state index contributed by atoms with van der Waals surface area (Å²) >= 11 is 0. The van der Waals surface area contributed by atoms with Crippen molar-refractivity contribution in [2.75, 3.05) is 17.2 Å². The van der Waals surface area contributed by atoms with E-state index in [-0.39, 0.29) is 11.8 Å². The Bertz CT molecular complexity index is 681. The third-order valence-corrected chi connectivity index (χ3v) is 3.03. The van der Waals surface area contributed by atoms with Gasteiger partial charge in [0, 0.05) is 23.9 Å². The van der Waals surface area contributed by atoms with E-state index >= 15 is 0 Å². The molecule has 0 unspecified atom stereocenters. The van der Waals surface area contributed by atoms with Crippen LogP contribution in [0.15, 0.2) is 48.5 Å². The van der Waals surface area contributed by atoms with Crippen molar-refractivity contribution in [3.63, 3.8) is 0 Å². The number of anilines is 2. The van der Waals surface area contributed by atoms with E-state index in [1.54, 1.807) is 48.5 Å². The highest BCUT2D eigenvalue weighted by Crippen LogP contribution is 2.17. The van der Waals surface area contributed by atoms with Gasteiger partial charge in [-0.05, 0) is 48.9 Å². The predicted octanol–water partition coefficient (Wildman–Crippen LogP) is 3.69. The maximum atomic E-state index is 12.2. The number of hydrogen-bond acceptors (Lipinski definition) is 3. The molecule has 120 valence electrons. The lowest BCUT2D eigenvalue weighted by molar-refractivity contribution is -0.114. The smallest absolute Gasteiger partial charge is 0.255 e. The lowest BCUT2D eigenvalue weighted by Gasteiger charge is -2.09. The van der Waals surface area contributed by atoms with Crippen molar-refractivity contribution in [3.05, 3.63) is 54.1 Å². The van der Waals surface area contributed by atoms with Crippen molar-refractivity contribution in [2.24, 2.45) is 0 Å². The van der Waals surface area contributed by atoms with Gasteiger partial charge in [0.05, 0.1) is 6.61 Å². The second-order valence-electron chi connectivity index (χ2n) is 5.09. The quantitative estimate of drug-likeness (QED) is 0.855. The van der Waals surface area contributed by atoms with Crippen LogP contribution in [0.1, 0.15) is 30.6 Å². The molecule has 23 heavy (non-hydrogen) atoms. The number of benzene rings is 2. The van der Waals surface area contributed by atoms with Crippen LogP contribution in [0, 0.1) is 0 Å². The summed E-state index contributed by atoms with van der Waals surface area (Å²) < 4.78 is 5.49. The Morgan fingerprint density at radius 1 is 1.00 bits per heavy atom. The zero-order valence-corrected chi connectivity index (χ0v) is 13.3. The van der Waals surface area contributed by atoms with Crippen molar-refractivity contribution in [1.82, 2.24) is 0 Å². The third kappa shape index (κ3) is 5.14. The summed E-state index contributed by atoms with van der Waals surface area (Å²) in [5.41, 5.74) is 1.80. The molecule has 0 aliphatic carbocycles. The van der Waals surface area contributed by atoms with Crippen molar-refractivity contribution in [3.8, 4) is 5.75 Å². The Balaban J connectivity index is 2.02. The molecule has 0 aliphatic heterocycles. The lowest BCUT2D eigenvalue weighted by atomic mass is 10.2. The molecule has 0 saturated carbocycles. The highest BCUT2D eigenvalue weighted by Gasteiger charge is 2.07. The first-order valence-corrected chi connectivity index (χ1v) is 7.50. The molecule has 0 saturated heterocycles. The summed E-state index contributed by atoms with van der Waals surface area (Å²) in [6.07, 6.45) is 0.937. The fraction of sp³-hybridized carbons (Fsp3) is 0.222. The van der Waals surface area contributed by atoms with Crippen molar-refractivity contribution in [2.45, 2.75) is 20.3 Å². The molecule has 0 spiro atoms. The molecule has 0 atom stereocenters. The Hall–Kier alpha value is -2.82. The Labute approximate surface area is 135 Å². The predicted molar refractivity (Wildman–Crippen MR) is 90.9 cm³/mol. The van der Waals surface area contributed by atoms with E-state index in [9.17, 15) is 9.59 Å². The topological polar surface area (TPSA) is 67.4 Å². The van der Waals surface area contributed by atoms with Gasteiger partial charge in [-0.15, -0.1) is 0 Å². The van der Waals surface area contributed by atoms with Gasteiger partial charge in [-0.2, -0.15) is 0 Å². The van der Waals surface area contributed by atoms with E-state index < -0.39 is 0 Å². The van der Waals surface area contributed by atoms with E-state index in [0.29, 0.717) is 23.5 Å². The molecule has 2 aromatic rings. The van der Waals surface area contributed by atoms with E-state index in [1.807, 2.05) is 6.92 Å². The van der Waals surface area contributed by atoms with Crippen LogP contribution in [0.25, 0.3) is 0 Å². The first kappa shape index (κ1) is 16.5. The Morgan fingerprint density at radius 3 is 2.26 bits per heavy atom. The molecule has 0 aromatic heterocycles. The molecule has 2 amide bonds. The van der Waals surface area contributed by atoms with Crippen molar-refractivity contribution in [1.29, 1.82) is 0 Å². The van der Waals surface area contributed by atoms with Crippen LogP contribution in [0.3, 0.4) is 0 Å². The van der Waals surface area contributed by atoms with Gasteiger partial charge in [-0.1, -0.05) is 13.0 Å². The fourth-order valence-electron chi connectivity index (χ4n) is 2.00. The summed E-state index contributed by atoms with van der Waals surface area (Å²) in [5, 5.41) is 5.48. The van der Waals surface area contributed by atoms with Gasteiger partial charge in [-0.25, -0.2) is 0 Å². The molecule has 2 N–H and O–H groups in total. The summed E-state index contributed by atoms with van der Waals surface area (Å²) in [7, 11) is 0. The number of carbonyl (C=O) groups is 2. The van der Waals surface area contributed by atoms with Crippen LogP contribution in [-0.2, 0) is 4.79 Å². The molecule has 0 heterocycles. The first-order valence-electron chi connectivity index (χ1n) is 7.50. The Kier molecular flexibility index (Phi) is 5.74. The molecule has 5 nitrogen and oxygen atoms in total. The highest BCUT2D eigenvalue weighted by atomic mass is 16.5. The monoisotopic (exact) mass is 312 g/mol. The van der Waals surface area contributed by atoms with Crippen molar-refractivity contribution >= 4 is 23.2 Å². The van der Waals surface area contributed by atoms with E-state index in [0.717, 1.165) is 12.2 Å². The SMILES string of the molecule is CCCOc1ccc(C(=O)Nc2cccc(NC(C)=O)c2)cc1. The average Bonchev–Trinajstić information content (AvgIpc) is 2.53. The third-order valence-electron chi connectivity index (χ3n) is 3.03. The zero-order chi connectivity index (χ0) is 16.7. The molecule has 5 heteroatoms. The summed E-state index contributed by atoms with van der Waals surface area (Å²) in [5.74, 6) is 0.374. The van der Waals surface area contributed by atoms with Gasteiger partial charge in [0.2, 0.25) is 5.91 Å². The normalized spacial score (nSPS) is 10.0. The minimum atomic E-state index is -0.216. The molecule has 2 aromatic carbocycles. The summed E-state index contributed by atoms with van der Waals surface area (Å²) in [4.78, 5) is 23.3. The van der Waals surface area contributed by atoms with Gasteiger partial charge in [0.25, 0.3) is 5.91 Å². The van der Waals surface area contributed by atoms with Crippen LogP contribution < -0.4 is 15.4 Å². The molecule has 0 bridgehead atoms. The molecular formula is C18H20N2O3. The summed E-state index contributed by atoms with van der Waals surface area (Å²) in [6, 6.07) is 14.0. The molecular weight excluding hydrogens is 292 g/mol. The van der Waals surface area contributed by atoms with E-state index in [2.05, 4.69) is 10.6 Å². The van der Waals surface area contributed by atoms with Crippen LogP contribution in [0.2, 0.25) is 0 Å². The minimum Gasteiger partial charge on any atom is -0.494 e. The number of hydrogen-bond donors (Lipinski definition) is 2. The number of nitrogens with one attached hydrogen (secondary N) is 2. The van der Waals surface area contributed by atoms with Crippen LogP contribution >= 0.6 is 0 Å². The molecule has 0 aliphatic rings. The van der Waals surface area contributed by atoms with Gasteiger partial charge in [0.15, 0.2) is 0 Å². The van der Waals surface area contributed by atoms with Gasteiger partial charge >= 0.3 is 0 Å². The van der Waals surface area contributed by atoms with Crippen LogP contribution in [-0.4, -0.2) is 18.4 Å². The molecule has 2 rings (SSSR count). The van der Waals surface area contributed by atoms with Crippen molar-refractivity contribution < 1.29 is 14.3 Å². The van der Waals surface area contributed by atoms with Gasteiger partial charge < -0.3 is 15.4 Å². The van der Waals surface area contributed by atoms with Gasteiger partial charge in [0.1, 0.15) is 5.75 Å². The minimum absolute atomic E-state index is 0.156. The zero-order valence-electron chi connectivity index (χ0n) is 13.3. The van der Waals surface area contributed by atoms with Crippen LogP contribution in [0.4, 0.5) is 11.4 Å². The Morgan fingerprint density at radius 2 is 1.65 bits per heavy atom. The van der Waals surface area contributed by atoms with Gasteiger partial charge in [-0.3, -0.25) is 9.59 Å². The van der Waals surface area contributed by atoms with E-state index in [1.165, 1.54) is 6.92 Å². The van der Waals surface area contributed by atoms with Crippen LogP contribution in [0.5, 0.6) is 5.75 Å². The lowest BCUT2D eigenvalue weighted by Crippen LogP contribution is -2.12. The average molecular weight is 312 g/mol. The number of amides is 2. The van der Waals surface area contributed by atoms with E-state index in [4.69, 9.17) is 4.74 Å². The number of rotatable bonds is 6.